The van der Waals surface area contributed by atoms with E-state index in [0.717, 1.165) is 11.8 Å². The van der Waals surface area contributed by atoms with Crippen LogP contribution in [0.1, 0.15) is 17.3 Å². The van der Waals surface area contributed by atoms with Crippen molar-refractivity contribution >= 4 is 34.8 Å². The van der Waals surface area contributed by atoms with Gasteiger partial charge in [0.05, 0.1) is 10.7 Å². The van der Waals surface area contributed by atoms with E-state index in [4.69, 9.17) is 4.42 Å². The molecule has 0 saturated heterocycles. The van der Waals surface area contributed by atoms with Gasteiger partial charge < -0.3 is 9.73 Å². The van der Waals surface area contributed by atoms with Gasteiger partial charge in [-0.3, -0.25) is 19.7 Å². The van der Waals surface area contributed by atoms with Crippen LogP contribution in [0, 0.1) is 10.1 Å². The van der Waals surface area contributed by atoms with E-state index in [1.165, 1.54) is 25.1 Å². The van der Waals surface area contributed by atoms with Gasteiger partial charge in [0.25, 0.3) is 10.9 Å². The lowest BCUT2D eigenvalue weighted by Crippen LogP contribution is -2.14. The Kier molecular flexibility index (Phi) is 5.80. The molecule has 28 heavy (non-hydrogen) atoms. The fourth-order valence-corrected chi connectivity index (χ4v) is 2.84. The van der Waals surface area contributed by atoms with Gasteiger partial charge in [0.2, 0.25) is 11.8 Å². The number of benzene rings is 2. The first-order chi connectivity index (χ1) is 13.4. The lowest BCUT2D eigenvalue weighted by molar-refractivity contribution is -0.384. The van der Waals surface area contributed by atoms with Gasteiger partial charge in [0.15, 0.2) is 5.78 Å². The number of non-ortho nitro benzene ring substituents is 1. The summed E-state index contributed by atoms with van der Waals surface area (Å²) in [6, 6.07) is 12.5. The summed E-state index contributed by atoms with van der Waals surface area (Å²) in [6.07, 6.45) is 0. The summed E-state index contributed by atoms with van der Waals surface area (Å²) in [5.74, 6) is -0.257. The molecule has 2 aromatic carbocycles. The zero-order valence-electron chi connectivity index (χ0n) is 14.6. The quantitative estimate of drug-likeness (QED) is 0.277. The number of carbonyl (C=O) groups excluding carboxylic acids is 2. The molecule has 3 rings (SSSR count). The molecule has 10 heteroatoms. The van der Waals surface area contributed by atoms with Gasteiger partial charge in [-0.05, 0) is 25.1 Å². The van der Waals surface area contributed by atoms with E-state index in [2.05, 4.69) is 15.5 Å². The molecular weight excluding hydrogens is 384 g/mol. The number of Topliss-reactive ketones (excluding diaryl/α,β-unsaturated/α-hetero) is 1. The van der Waals surface area contributed by atoms with Crippen LogP contribution in [0.15, 0.2) is 58.2 Å². The number of thioether (sulfide) groups is 1. The summed E-state index contributed by atoms with van der Waals surface area (Å²) >= 11 is 1.03. The average Bonchev–Trinajstić information content (AvgIpc) is 3.16. The van der Waals surface area contributed by atoms with Crippen LogP contribution in [0.5, 0.6) is 0 Å². The Balaban J connectivity index is 1.60. The number of nitro groups is 1. The molecule has 3 aromatic rings. The molecule has 0 radical (unpaired) electrons. The number of anilines is 1. The first-order valence-electron chi connectivity index (χ1n) is 8.04. The minimum atomic E-state index is -0.513. The van der Waals surface area contributed by atoms with Crippen molar-refractivity contribution in [3.05, 3.63) is 64.2 Å². The van der Waals surface area contributed by atoms with Gasteiger partial charge in [-0.2, -0.15) is 0 Å². The fourth-order valence-electron chi connectivity index (χ4n) is 2.28. The first-order valence-corrected chi connectivity index (χ1v) is 9.03. The Morgan fingerprint density at radius 3 is 2.71 bits per heavy atom. The SMILES string of the molecule is CC(=O)c1cccc(NC(=O)CSc2nnc(-c3cccc([N+](=O)[O-])c3)o2)c1. The van der Waals surface area contributed by atoms with Crippen LogP contribution >= 0.6 is 11.8 Å². The molecule has 0 aliphatic rings. The van der Waals surface area contributed by atoms with Crippen LogP contribution in [-0.2, 0) is 4.79 Å². The smallest absolute Gasteiger partial charge is 0.277 e. The molecule has 0 spiro atoms. The molecule has 0 aliphatic carbocycles. The van der Waals surface area contributed by atoms with E-state index >= 15 is 0 Å². The number of rotatable bonds is 7. The third-order valence-corrected chi connectivity index (χ3v) is 4.41. The van der Waals surface area contributed by atoms with Crippen LogP contribution in [0.4, 0.5) is 11.4 Å². The molecule has 142 valence electrons. The van der Waals surface area contributed by atoms with Crippen molar-refractivity contribution in [3.8, 4) is 11.5 Å². The van der Waals surface area contributed by atoms with Gasteiger partial charge >= 0.3 is 0 Å². The standard InChI is InChI=1S/C18H14N4O5S/c1-11(23)12-4-2-6-14(8-12)19-16(24)10-28-18-21-20-17(27-18)13-5-3-7-15(9-13)22(25)26/h2-9H,10H2,1H3,(H,19,24). The number of amides is 1. The monoisotopic (exact) mass is 398 g/mol. The number of ketones is 1. The van der Waals surface area contributed by atoms with E-state index in [9.17, 15) is 19.7 Å². The fraction of sp³-hybridized carbons (Fsp3) is 0.111. The highest BCUT2D eigenvalue weighted by atomic mass is 32.2. The molecule has 0 atom stereocenters. The Bertz CT molecular complexity index is 1050. The highest BCUT2D eigenvalue weighted by Crippen LogP contribution is 2.26. The zero-order chi connectivity index (χ0) is 20.1. The third kappa shape index (κ3) is 4.80. The molecule has 1 N–H and O–H groups in total. The second-order valence-electron chi connectivity index (χ2n) is 5.65. The average molecular weight is 398 g/mol. The highest BCUT2D eigenvalue weighted by Gasteiger charge is 2.14. The van der Waals surface area contributed by atoms with Gasteiger partial charge in [0, 0.05) is 28.9 Å². The van der Waals surface area contributed by atoms with E-state index in [1.807, 2.05) is 0 Å². The molecule has 0 aliphatic heterocycles. The van der Waals surface area contributed by atoms with Crippen LogP contribution in [0.3, 0.4) is 0 Å². The second-order valence-corrected chi connectivity index (χ2v) is 6.58. The van der Waals surface area contributed by atoms with Crippen LogP contribution in [0.25, 0.3) is 11.5 Å². The van der Waals surface area contributed by atoms with E-state index in [1.54, 1.807) is 30.3 Å². The lowest BCUT2D eigenvalue weighted by Gasteiger charge is -2.05. The van der Waals surface area contributed by atoms with Crippen molar-refractivity contribution < 1.29 is 18.9 Å². The maximum absolute atomic E-state index is 12.1. The van der Waals surface area contributed by atoms with Gasteiger partial charge in [-0.1, -0.05) is 30.0 Å². The predicted molar refractivity (Wildman–Crippen MR) is 102 cm³/mol. The van der Waals surface area contributed by atoms with Gasteiger partial charge in [-0.15, -0.1) is 10.2 Å². The summed E-state index contributed by atoms with van der Waals surface area (Å²) in [7, 11) is 0. The zero-order valence-corrected chi connectivity index (χ0v) is 15.4. The molecule has 0 fully saturated rings. The molecule has 0 unspecified atom stereocenters. The summed E-state index contributed by atoms with van der Waals surface area (Å²) in [5.41, 5.74) is 1.35. The number of nitrogens with one attached hydrogen (secondary N) is 1. The Morgan fingerprint density at radius 1 is 1.18 bits per heavy atom. The van der Waals surface area contributed by atoms with Crippen LogP contribution < -0.4 is 5.32 Å². The maximum Gasteiger partial charge on any atom is 0.277 e. The van der Waals surface area contributed by atoms with Crippen molar-refractivity contribution in [2.45, 2.75) is 12.1 Å². The summed E-state index contributed by atoms with van der Waals surface area (Å²) < 4.78 is 5.45. The van der Waals surface area contributed by atoms with E-state index < -0.39 is 4.92 Å². The number of nitro benzene ring substituents is 1. The Morgan fingerprint density at radius 2 is 1.96 bits per heavy atom. The Hall–Kier alpha value is -3.53. The molecule has 9 nitrogen and oxygen atoms in total. The Labute approximate surface area is 163 Å². The van der Waals surface area contributed by atoms with Crippen molar-refractivity contribution in [2.75, 3.05) is 11.1 Å². The van der Waals surface area contributed by atoms with Gasteiger partial charge in [-0.25, -0.2) is 0 Å². The van der Waals surface area contributed by atoms with Gasteiger partial charge in [0.1, 0.15) is 0 Å². The third-order valence-electron chi connectivity index (χ3n) is 3.59. The summed E-state index contributed by atoms with van der Waals surface area (Å²) in [6.45, 7) is 1.45. The largest absolute Gasteiger partial charge is 0.411 e. The predicted octanol–water partition coefficient (Wildman–Crippen LogP) is 3.58. The van der Waals surface area contributed by atoms with Crippen molar-refractivity contribution in [2.24, 2.45) is 0 Å². The minimum Gasteiger partial charge on any atom is -0.411 e. The van der Waals surface area contributed by atoms with Crippen molar-refractivity contribution in [1.29, 1.82) is 0 Å². The molecular formula is C18H14N4O5S. The molecule has 1 heterocycles. The second kappa shape index (κ2) is 8.44. The number of hydrogen-bond acceptors (Lipinski definition) is 8. The highest BCUT2D eigenvalue weighted by molar-refractivity contribution is 7.99. The summed E-state index contributed by atoms with van der Waals surface area (Å²) in [4.78, 5) is 33.8. The number of hydrogen-bond donors (Lipinski definition) is 1. The van der Waals surface area contributed by atoms with Crippen molar-refractivity contribution in [3.63, 3.8) is 0 Å². The van der Waals surface area contributed by atoms with E-state index in [-0.39, 0.29) is 34.2 Å². The molecule has 0 saturated carbocycles. The van der Waals surface area contributed by atoms with Crippen LogP contribution in [0.2, 0.25) is 0 Å². The number of aromatic nitrogens is 2. The summed E-state index contributed by atoms with van der Waals surface area (Å²) in [5, 5.41) is 21.4. The molecule has 1 aromatic heterocycles. The van der Waals surface area contributed by atoms with Crippen LogP contribution in [-0.4, -0.2) is 32.6 Å². The molecule has 0 bridgehead atoms. The normalized spacial score (nSPS) is 10.5. The first kappa shape index (κ1) is 19.2. The topological polar surface area (TPSA) is 128 Å². The maximum atomic E-state index is 12.1. The number of nitrogens with zero attached hydrogens (tertiary/aromatic N) is 3. The minimum absolute atomic E-state index is 0.0148. The number of carbonyl (C=O) groups is 2. The molecule has 1 amide bonds. The van der Waals surface area contributed by atoms with Crippen molar-refractivity contribution in [1.82, 2.24) is 10.2 Å². The van der Waals surface area contributed by atoms with E-state index in [0.29, 0.717) is 16.8 Å². The lowest BCUT2D eigenvalue weighted by atomic mass is 10.1.